The Hall–Kier alpha value is -2.42. The van der Waals surface area contributed by atoms with E-state index in [1.807, 2.05) is 4.90 Å². The summed E-state index contributed by atoms with van der Waals surface area (Å²) in [4.78, 5) is 27.2. The highest BCUT2D eigenvalue weighted by Crippen LogP contribution is 2.26. The van der Waals surface area contributed by atoms with Crippen molar-refractivity contribution >= 4 is 39.1 Å². The summed E-state index contributed by atoms with van der Waals surface area (Å²) in [6.07, 6.45) is 2.98. The highest BCUT2D eigenvalue weighted by Gasteiger charge is 2.32. The van der Waals surface area contributed by atoms with Gasteiger partial charge >= 0.3 is 0 Å². The van der Waals surface area contributed by atoms with Crippen LogP contribution in [0.4, 0.5) is 5.69 Å². The van der Waals surface area contributed by atoms with Crippen LogP contribution in [0.15, 0.2) is 53.4 Å². The van der Waals surface area contributed by atoms with Crippen molar-refractivity contribution in [3.63, 3.8) is 0 Å². The maximum Gasteiger partial charge on any atom is 0.253 e. The fraction of sp³-hybridized carbons (Fsp3) is 0.391. The van der Waals surface area contributed by atoms with E-state index < -0.39 is 10.0 Å². The van der Waals surface area contributed by atoms with E-state index in [9.17, 15) is 18.0 Å². The normalized spacial score (nSPS) is 18.0. The highest BCUT2D eigenvalue weighted by atomic mass is 35.5. The number of anilines is 1. The number of hydrogen-bond acceptors (Lipinski definition) is 4. The van der Waals surface area contributed by atoms with E-state index in [1.165, 1.54) is 16.4 Å². The van der Waals surface area contributed by atoms with Crippen LogP contribution < -0.4 is 5.32 Å². The van der Waals surface area contributed by atoms with Gasteiger partial charge in [-0.2, -0.15) is 4.31 Å². The molecular weight excluding hydrogens is 450 g/mol. The van der Waals surface area contributed by atoms with Crippen molar-refractivity contribution < 1.29 is 18.0 Å². The minimum absolute atomic E-state index is 0.0228. The Kier molecular flexibility index (Phi) is 6.83. The van der Waals surface area contributed by atoms with Gasteiger partial charge in [0.1, 0.15) is 0 Å². The molecular formula is C23H26ClN3O4S. The molecule has 1 N–H and O–H groups in total. The Morgan fingerprint density at radius 3 is 2.06 bits per heavy atom. The minimum Gasteiger partial charge on any atom is -0.339 e. The third-order valence-electron chi connectivity index (χ3n) is 6.07. The summed E-state index contributed by atoms with van der Waals surface area (Å²) in [5, 5.41) is 3.37. The van der Waals surface area contributed by atoms with E-state index in [-0.39, 0.29) is 35.7 Å². The van der Waals surface area contributed by atoms with Gasteiger partial charge in [0.2, 0.25) is 15.9 Å². The van der Waals surface area contributed by atoms with Gasteiger partial charge in [0.05, 0.1) is 4.90 Å². The van der Waals surface area contributed by atoms with Crippen molar-refractivity contribution in [1.82, 2.24) is 9.21 Å². The van der Waals surface area contributed by atoms with Crippen molar-refractivity contribution in [2.24, 2.45) is 5.92 Å². The zero-order valence-electron chi connectivity index (χ0n) is 17.7. The predicted molar refractivity (Wildman–Crippen MR) is 123 cm³/mol. The molecule has 32 heavy (non-hydrogen) atoms. The second-order valence-electron chi connectivity index (χ2n) is 8.20. The molecule has 2 fully saturated rings. The third kappa shape index (κ3) is 4.98. The maximum atomic E-state index is 12.8. The third-order valence-corrected chi connectivity index (χ3v) is 8.23. The molecule has 4 rings (SSSR count). The molecule has 2 aliphatic rings. The van der Waals surface area contributed by atoms with Crippen molar-refractivity contribution in [2.45, 2.75) is 30.6 Å². The number of nitrogens with zero attached hydrogens (tertiary/aromatic N) is 2. The number of nitrogens with one attached hydrogen (secondary N) is 1. The van der Waals surface area contributed by atoms with Crippen molar-refractivity contribution in [1.29, 1.82) is 0 Å². The smallest absolute Gasteiger partial charge is 0.253 e. The molecule has 2 saturated heterocycles. The van der Waals surface area contributed by atoms with E-state index in [0.717, 1.165) is 25.9 Å². The first-order valence-electron chi connectivity index (χ1n) is 10.8. The van der Waals surface area contributed by atoms with Crippen LogP contribution in [0.5, 0.6) is 0 Å². The molecule has 0 atom stereocenters. The lowest BCUT2D eigenvalue weighted by molar-refractivity contribution is -0.120. The van der Waals surface area contributed by atoms with E-state index >= 15 is 0 Å². The fourth-order valence-electron chi connectivity index (χ4n) is 4.16. The van der Waals surface area contributed by atoms with Gasteiger partial charge in [-0.1, -0.05) is 11.6 Å². The Labute approximate surface area is 193 Å². The number of hydrogen-bond donors (Lipinski definition) is 1. The molecule has 0 saturated carbocycles. The van der Waals surface area contributed by atoms with E-state index in [4.69, 9.17) is 11.6 Å². The number of carbonyl (C=O) groups is 2. The molecule has 0 aliphatic carbocycles. The van der Waals surface area contributed by atoms with E-state index in [2.05, 4.69) is 5.32 Å². The summed E-state index contributed by atoms with van der Waals surface area (Å²) in [5.41, 5.74) is 1.25. The molecule has 2 aliphatic heterocycles. The molecule has 0 radical (unpaired) electrons. The number of halogens is 1. The van der Waals surface area contributed by atoms with Crippen LogP contribution in [0.2, 0.25) is 5.02 Å². The number of rotatable bonds is 5. The first-order chi connectivity index (χ1) is 15.3. The van der Waals surface area contributed by atoms with Crippen molar-refractivity contribution in [3.8, 4) is 0 Å². The van der Waals surface area contributed by atoms with E-state index in [1.54, 1.807) is 36.4 Å². The first-order valence-corrected chi connectivity index (χ1v) is 12.6. The number of sulfonamides is 1. The number of amides is 2. The number of benzene rings is 2. The second-order valence-corrected chi connectivity index (χ2v) is 10.6. The summed E-state index contributed by atoms with van der Waals surface area (Å²) in [6.45, 7) is 2.16. The molecule has 0 spiro atoms. The topological polar surface area (TPSA) is 86.8 Å². The van der Waals surface area contributed by atoms with Gasteiger partial charge in [0.25, 0.3) is 5.91 Å². The van der Waals surface area contributed by atoms with Crippen LogP contribution >= 0.6 is 11.6 Å². The SMILES string of the molecule is O=C(Nc1ccc(C(=O)N2CCCC2)cc1)C1CCN(S(=O)(=O)c2ccc(Cl)cc2)CC1. The average Bonchev–Trinajstić information content (AvgIpc) is 3.34. The lowest BCUT2D eigenvalue weighted by Crippen LogP contribution is -2.41. The maximum absolute atomic E-state index is 12.8. The molecule has 2 heterocycles. The Bertz CT molecular complexity index is 1070. The van der Waals surface area contributed by atoms with Gasteiger partial charge in [-0.05, 0) is 74.2 Å². The van der Waals surface area contributed by atoms with Gasteiger partial charge < -0.3 is 10.2 Å². The molecule has 9 heteroatoms. The minimum atomic E-state index is -3.60. The van der Waals surface area contributed by atoms with Crippen LogP contribution in [0.25, 0.3) is 0 Å². The fourth-order valence-corrected chi connectivity index (χ4v) is 5.75. The predicted octanol–water partition coefficient (Wildman–Crippen LogP) is 3.62. The van der Waals surface area contributed by atoms with Gasteiger partial charge in [-0.3, -0.25) is 9.59 Å². The van der Waals surface area contributed by atoms with Gasteiger partial charge in [0.15, 0.2) is 0 Å². The summed E-state index contributed by atoms with van der Waals surface area (Å²) in [5.74, 6) is -0.376. The molecule has 0 bridgehead atoms. The lowest BCUT2D eigenvalue weighted by Gasteiger charge is -2.30. The average molecular weight is 476 g/mol. The van der Waals surface area contributed by atoms with Crippen molar-refractivity contribution in [3.05, 3.63) is 59.1 Å². The molecule has 0 aromatic heterocycles. The zero-order chi connectivity index (χ0) is 22.7. The van der Waals surface area contributed by atoms with Crippen LogP contribution in [0, 0.1) is 5.92 Å². The summed E-state index contributed by atoms with van der Waals surface area (Å²) in [6, 6.07) is 13.0. The lowest BCUT2D eigenvalue weighted by atomic mass is 9.97. The van der Waals surface area contributed by atoms with Gasteiger partial charge in [-0.25, -0.2) is 8.42 Å². The number of piperidine rings is 1. The van der Waals surface area contributed by atoms with E-state index in [0.29, 0.717) is 29.1 Å². The Morgan fingerprint density at radius 1 is 0.875 bits per heavy atom. The standard InChI is InChI=1S/C23H26ClN3O4S/c24-19-5-9-21(10-6-19)32(30,31)27-15-11-17(12-16-27)22(28)25-20-7-3-18(4-8-20)23(29)26-13-1-2-14-26/h3-10,17H,1-2,11-16H2,(H,25,28). The largest absolute Gasteiger partial charge is 0.339 e. The Balaban J connectivity index is 1.31. The van der Waals surface area contributed by atoms with Crippen LogP contribution in [-0.4, -0.2) is 55.6 Å². The monoisotopic (exact) mass is 475 g/mol. The summed E-state index contributed by atoms with van der Waals surface area (Å²) >= 11 is 5.85. The molecule has 7 nitrogen and oxygen atoms in total. The second kappa shape index (κ2) is 9.60. The number of likely N-dealkylation sites (tertiary alicyclic amines) is 1. The molecule has 170 valence electrons. The van der Waals surface area contributed by atoms with Crippen molar-refractivity contribution in [2.75, 3.05) is 31.5 Å². The number of carbonyl (C=O) groups excluding carboxylic acids is 2. The molecule has 2 aromatic rings. The van der Waals surface area contributed by atoms with Gasteiger partial charge in [-0.15, -0.1) is 0 Å². The summed E-state index contributed by atoms with van der Waals surface area (Å²) in [7, 11) is -3.60. The first kappa shape index (κ1) is 22.8. The van der Waals surface area contributed by atoms with Crippen LogP contribution in [0.1, 0.15) is 36.0 Å². The molecule has 2 amide bonds. The van der Waals surface area contributed by atoms with Gasteiger partial charge in [0, 0.05) is 48.4 Å². The highest BCUT2D eigenvalue weighted by molar-refractivity contribution is 7.89. The zero-order valence-corrected chi connectivity index (χ0v) is 19.2. The van der Waals surface area contributed by atoms with Crippen LogP contribution in [-0.2, 0) is 14.8 Å². The Morgan fingerprint density at radius 2 is 1.47 bits per heavy atom. The van der Waals surface area contributed by atoms with Crippen LogP contribution in [0.3, 0.4) is 0 Å². The molecule has 2 aromatic carbocycles. The molecule has 0 unspecified atom stereocenters. The quantitative estimate of drug-likeness (QED) is 0.715. The summed E-state index contributed by atoms with van der Waals surface area (Å²) < 4.78 is 27.0.